The summed E-state index contributed by atoms with van der Waals surface area (Å²) in [6, 6.07) is 0. The van der Waals surface area contributed by atoms with Gasteiger partial charge in [0.2, 0.25) is 0 Å². The number of nitrogens with one attached hydrogen (secondary N) is 1. The van der Waals surface area contributed by atoms with Crippen LogP contribution in [-0.2, 0) is 0 Å². The highest BCUT2D eigenvalue weighted by Crippen LogP contribution is 2.13. The van der Waals surface area contributed by atoms with Crippen molar-refractivity contribution in [3.63, 3.8) is 0 Å². The van der Waals surface area contributed by atoms with Gasteiger partial charge in [0.25, 0.3) is 0 Å². The molecule has 0 saturated heterocycles. The summed E-state index contributed by atoms with van der Waals surface area (Å²) < 4.78 is 0. The lowest BCUT2D eigenvalue weighted by Gasteiger charge is -2.19. The van der Waals surface area contributed by atoms with Crippen molar-refractivity contribution in [2.45, 2.75) is 47.1 Å². The zero-order chi connectivity index (χ0) is 9.83. The topological polar surface area (TPSA) is 12.0 Å². The van der Waals surface area contributed by atoms with E-state index in [1.54, 1.807) is 0 Å². The van der Waals surface area contributed by atoms with Gasteiger partial charge in [0.05, 0.1) is 0 Å². The maximum Gasteiger partial charge on any atom is 0.0139 e. The summed E-state index contributed by atoms with van der Waals surface area (Å²) in [5.74, 6) is 0. The molecule has 72 valence electrons. The second-order valence-electron chi connectivity index (χ2n) is 5.40. The molecule has 0 aromatic carbocycles. The van der Waals surface area contributed by atoms with Gasteiger partial charge in [-0.3, -0.25) is 0 Å². The molecule has 0 amide bonds. The summed E-state index contributed by atoms with van der Waals surface area (Å²) in [5.41, 5.74) is 0.530. The SMILES string of the molecule is CC(C)(C)/C=C/CNC(C)(C)C. The van der Waals surface area contributed by atoms with Crippen LogP contribution in [0.5, 0.6) is 0 Å². The highest BCUT2D eigenvalue weighted by molar-refractivity contribution is 4.94. The van der Waals surface area contributed by atoms with E-state index in [1.807, 2.05) is 0 Å². The van der Waals surface area contributed by atoms with Crippen LogP contribution in [-0.4, -0.2) is 12.1 Å². The summed E-state index contributed by atoms with van der Waals surface area (Å²) in [5, 5.41) is 3.41. The van der Waals surface area contributed by atoms with E-state index in [9.17, 15) is 0 Å². The van der Waals surface area contributed by atoms with Crippen LogP contribution in [0.15, 0.2) is 12.2 Å². The fraction of sp³-hybridized carbons (Fsp3) is 0.818. The lowest BCUT2D eigenvalue weighted by molar-refractivity contribution is 0.447. The number of hydrogen-bond acceptors (Lipinski definition) is 1. The van der Waals surface area contributed by atoms with Crippen molar-refractivity contribution in [2.75, 3.05) is 6.54 Å². The van der Waals surface area contributed by atoms with E-state index in [-0.39, 0.29) is 5.54 Å². The predicted molar refractivity (Wildman–Crippen MR) is 56.4 cm³/mol. The number of hydrogen-bond donors (Lipinski definition) is 1. The van der Waals surface area contributed by atoms with Gasteiger partial charge in [-0.2, -0.15) is 0 Å². The van der Waals surface area contributed by atoms with Gasteiger partial charge in [-0.15, -0.1) is 0 Å². The summed E-state index contributed by atoms with van der Waals surface area (Å²) in [4.78, 5) is 0. The van der Waals surface area contributed by atoms with Crippen LogP contribution in [0.1, 0.15) is 41.5 Å². The minimum absolute atomic E-state index is 0.224. The van der Waals surface area contributed by atoms with Crippen molar-refractivity contribution in [2.24, 2.45) is 5.41 Å². The van der Waals surface area contributed by atoms with Crippen LogP contribution in [0.4, 0.5) is 0 Å². The Hall–Kier alpha value is -0.300. The third kappa shape index (κ3) is 9.70. The smallest absolute Gasteiger partial charge is 0.0139 e. The second-order valence-corrected chi connectivity index (χ2v) is 5.40. The monoisotopic (exact) mass is 169 g/mol. The molecule has 0 atom stereocenters. The Morgan fingerprint density at radius 3 is 1.83 bits per heavy atom. The molecule has 0 unspecified atom stereocenters. The first-order valence-electron chi connectivity index (χ1n) is 4.63. The zero-order valence-electron chi connectivity index (χ0n) is 9.36. The Balaban J connectivity index is 3.64. The Kier molecular flexibility index (Phi) is 3.98. The summed E-state index contributed by atoms with van der Waals surface area (Å²) in [7, 11) is 0. The van der Waals surface area contributed by atoms with E-state index in [0.29, 0.717) is 5.41 Å². The molecule has 1 heteroatoms. The molecule has 0 aliphatic heterocycles. The zero-order valence-corrected chi connectivity index (χ0v) is 9.36. The van der Waals surface area contributed by atoms with E-state index in [0.717, 1.165) is 6.54 Å². The molecule has 0 aliphatic carbocycles. The van der Waals surface area contributed by atoms with Gasteiger partial charge in [-0.25, -0.2) is 0 Å². The molecule has 0 saturated carbocycles. The molecular formula is C11H23N. The van der Waals surface area contributed by atoms with Crippen molar-refractivity contribution >= 4 is 0 Å². The van der Waals surface area contributed by atoms with Gasteiger partial charge in [0.15, 0.2) is 0 Å². The Labute approximate surface area is 77.2 Å². The molecule has 0 spiro atoms. The maximum atomic E-state index is 3.41. The maximum absolute atomic E-state index is 3.41. The largest absolute Gasteiger partial charge is 0.309 e. The van der Waals surface area contributed by atoms with E-state index in [4.69, 9.17) is 0 Å². The molecule has 1 N–H and O–H groups in total. The lowest BCUT2D eigenvalue weighted by atomic mass is 9.96. The third-order valence-corrected chi connectivity index (χ3v) is 1.37. The average molecular weight is 169 g/mol. The fourth-order valence-electron chi connectivity index (χ4n) is 0.778. The highest BCUT2D eigenvalue weighted by atomic mass is 14.9. The third-order valence-electron chi connectivity index (χ3n) is 1.37. The Morgan fingerprint density at radius 2 is 1.50 bits per heavy atom. The molecule has 0 bridgehead atoms. The number of allylic oxidation sites excluding steroid dienone is 1. The average Bonchev–Trinajstić information content (AvgIpc) is 1.76. The van der Waals surface area contributed by atoms with Gasteiger partial charge in [-0.05, 0) is 26.2 Å². The van der Waals surface area contributed by atoms with Gasteiger partial charge in [0, 0.05) is 12.1 Å². The molecule has 12 heavy (non-hydrogen) atoms. The minimum Gasteiger partial charge on any atom is -0.309 e. The molecule has 0 aliphatic rings. The van der Waals surface area contributed by atoms with E-state index in [1.165, 1.54) is 0 Å². The van der Waals surface area contributed by atoms with Gasteiger partial charge >= 0.3 is 0 Å². The van der Waals surface area contributed by atoms with Gasteiger partial charge in [-0.1, -0.05) is 32.9 Å². The van der Waals surface area contributed by atoms with Gasteiger partial charge in [0.1, 0.15) is 0 Å². The fourth-order valence-corrected chi connectivity index (χ4v) is 0.778. The summed E-state index contributed by atoms with van der Waals surface area (Å²) >= 11 is 0. The quantitative estimate of drug-likeness (QED) is 0.627. The van der Waals surface area contributed by atoms with E-state index >= 15 is 0 Å². The first-order valence-corrected chi connectivity index (χ1v) is 4.63. The Morgan fingerprint density at radius 1 is 1.00 bits per heavy atom. The molecule has 0 heterocycles. The molecule has 0 aromatic rings. The van der Waals surface area contributed by atoms with E-state index in [2.05, 4.69) is 59.0 Å². The molecule has 0 radical (unpaired) electrons. The van der Waals surface area contributed by atoms with Crippen LogP contribution < -0.4 is 5.32 Å². The van der Waals surface area contributed by atoms with Crippen molar-refractivity contribution in [1.82, 2.24) is 5.32 Å². The molecule has 0 aromatic heterocycles. The van der Waals surface area contributed by atoms with Crippen LogP contribution >= 0.6 is 0 Å². The van der Waals surface area contributed by atoms with Crippen LogP contribution in [0.3, 0.4) is 0 Å². The predicted octanol–water partition coefficient (Wildman–Crippen LogP) is 2.98. The summed E-state index contributed by atoms with van der Waals surface area (Å²) in [6.07, 6.45) is 4.44. The lowest BCUT2D eigenvalue weighted by Crippen LogP contribution is -2.35. The molecular weight excluding hydrogens is 146 g/mol. The standard InChI is InChI=1S/C11H23N/c1-10(2,3)8-7-9-12-11(4,5)6/h7-8,12H,9H2,1-6H3/b8-7+. The van der Waals surface area contributed by atoms with Crippen molar-refractivity contribution in [1.29, 1.82) is 0 Å². The van der Waals surface area contributed by atoms with Crippen LogP contribution in [0, 0.1) is 5.41 Å². The number of rotatable bonds is 2. The Bertz CT molecular complexity index is 143. The van der Waals surface area contributed by atoms with Crippen molar-refractivity contribution in [3.8, 4) is 0 Å². The molecule has 0 rings (SSSR count). The first-order chi connectivity index (χ1) is 5.21. The minimum atomic E-state index is 0.224. The van der Waals surface area contributed by atoms with Crippen molar-refractivity contribution in [3.05, 3.63) is 12.2 Å². The van der Waals surface area contributed by atoms with Gasteiger partial charge < -0.3 is 5.32 Å². The normalized spacial score (nSPS) is 14.2. The molecule has 0 fully saturated rings. The second kappa shape index (κ2) is 4.08. The molecule has 1 nitrogen and oxygen atoms in total. The van der Waals surface area contributed by atoms with Crippen molar-refractivity contribution < 1.29 is 0 Å². The van der Waals surface area contributed by atoms with Crippen LogP contribution in [0.25, 0.3) is 0 Å². The highest BCUT2D eigenvalue weighted by Gasteiger charge is 2.07. The summed E-state index contributed by atoms with van der Waals surface area (Å²) in [6.45, 7) is 14.1. The van der Waals surface area contributed by atoms with E-state index < -0.39 is 0 Å². The first kappa shape index (κ1) is 11.7. The van der Waals surface area contributed by atoms with Crippen LogP contribution in [0.2, 0.25) is 0 Å².